The summed E-state index contributed by atoms with van der Waals surface area (Å²) in [5.41, 5.74) is 4.95. The van der Waals surface area contributed by atoms with E-state index in [0.29, 0.717) is 18.1 Å². The zero-order chi connectivity index (χ0) is 14.8. The number of aliphatic hydroxyl groups is 1. The van der Waals surface area contributed by atoms with Gasteiger partial charge in [-0.1, -0.05) is 30.6 Å². The van der Waals surface area contributed by atoms with E-state index in [-0.39, 0.29) is 16.9 Å². The summed E-state index contributed by atoms with van der Waals surface area (Å²) < 4.78 is 0. The van der Waals surface area contributed by atoms with E-state index in [1.165, 1.54) is 5.57 Å². The lowest BCUT2D eigenvalue weighted by Gasteiger charge is -2.50. The molecule has 0 radical (unpaired) electrons. The number of hydrogen-bond acceptors (Lipinski definition) is 2. The maximum atomic E-state index is 11.8. The molecule has 2 heteroatoms. The van der Waals surface area contributed by atoms with E-state index in [1.807, 2.05) is 6.08 Å². The third kappa shape index (κ3) is 1.72. The molecule has 4 atom stereocenters. The van der Waals surface area contributed by atoms with Crippen molar-refractivity contribution in [2.45, 2.75) is 71.3 Å². The van der Waals surface area contributed by atoms with Gasteiger partial charge in [0, 0.05) is 17.3 Å². The second-order valence-corrected chi connectivity index (χ2v) is 8.12. The Morgan fingerprint density at radius 2 is 1.90 bits per heavy atom. The molecule has 1 saturated carbocycles. The SMILES string of the molecule is C[C@]12CCC(=O)C=C1CCC1=C2CC[C@]2(C)[C@H](O)CC[C@@H]12. The van der Waals surface area contributed by atoms with E-state index < -0.39 is 0 Å². The second-order valence-electron chi connectivity index (χ2n) is 8.12. The van der Waals surface area contributed by atoms with E-state index in [2.05, 4.69) is 13.8 Å². The van der Waals surface area contributed by atoms with E-state index in [0.717, 1.165) is 44.9 Å². The van der Waals surface area contributed by atoms with Gasteiger partial charge < -0.3 is 5.11 Å². The van der Waals surface area contributed by atoms with Crippen molar-refractivity contribution in [1.82, 2.24) is 0 Å². The van der Waals surface area contributed by atoms with Crippen molar-refractivity contribution in [2.24, 2.45) is 16.7 Å². The average molecular weight is 286 g/mol. The lowest BCUT2D eigenvalue weighted by atomic mass is 9.54. The molecular formula is C19H26O2. The van der Waals surface area contributed by atoms with Crippen LogP contribution in [0.1, 0.15) is 65.2 Å². The topological polar surface area (TPSA) is 37.3 Å². The van der Waals surface area contributed by atoms with Crippen molar-refractivity contribution in [3.8, 4) is 0 Å². The van der Waals surface area contributed by atoms with Gasteiger partial charge in [0.2, 0.25) is 0 Å². The van der Waals surface area contributed by atoms with E-state index in [4.69, 9.17) is 0 Å². The van der Waals surface area contributed by atoms with Gasteiger partial charge in [0.1, 0.15) is 0 Å². The lowest BCUT2D eigenvalue weighted by Crippen LogP contribution is -2.41. The molecule has 0 unspecified atom stereocenters. The average Bonchev–Trinajstić information content (AvgIpc) is 2.76. The smallest absolute Gasteiger partial charge is 0.155 e. The highest BCUT2D eigenvalue weighted by atomic mass is 16.3. The van der Waals surface area contributed by atoms with Gasteiger partial charge >= 0.3 is 0 Å². The molecule has 0 aliphatic heterocycles. The number of fused-ring (bicyclic) bond motifs is 4. The molecule has 0 bridgehead atoms. The monoisotopic (exact) mass is 286 g/mol. The van der Waals surface area contributed by atoms with Crippen LogP contribution >= 0.6 is 0 Å². The summed E-state index contributed by atoms with van der Waals surface area (Å²) >= 11 is 0. The first-order valence-electron chi connectivity index (χ1n) is 8.59. The molecule has 1 N–H and O–H groups in total. The minimum atomic E-state index is -0.116. The third-order valence-corrected chi connectivity index (χ3v) is 7.25. The molecule has 4 aliphatic rings. The fourth-order valence-electron chi connectivity index (χ4n) is 5.77. The zero-order valence-corrected chi connectivity index (χ0v) is 13.2. The number of allylic oxidation sites excluding steroid dienone is 4. The van der Waals surface area contributed by atoms with Crippen molar-refractivity contribution in [1.29, 1.82) is 0 Å². The van der Waals surface area contributed by atoms with Crippen LogP contribution in [0, 0.1) is 16.7 Å². The lowest BCUT2D eigenvalue weighted by molar-refractivity contribution is -0.115. The van der Waals surface area contributed by atoms with Crippen LogP contribution < -0.4 is 0 Å². The Hall–Kier alpha value is -0.890. The summed E-state index contributed by atoms with van der Waals surface area (Å²) in [5, 5.41) is 10.4. The highest BCUT2D eigenvalue weighted by molar-refractivity contribution is 5.92. The summed E-state index contributed by atoms with van der Waals surface area (Å²) in [6.07, 6.45) is 10.1. The number of ketones is 1. The molecule has 4 aliphatic carbocycles. The molecule has 2 nitrogen and oxygen atoms in total. The van der Waals surface area contributed by atoms with Crippen LogP contribution in [0.3, 0.4) is 0 Å². The maximum Gasteiger partial charge on any atom is 0.155 e. The summed E-state index contributed by atoms with van der Waals surface area (Å²) in [5.74, 6) is 0.913. The Morgan fingerprint density at radius 3 is 2.71 bits per heavy atom. The molecule has 4 rings (SSSR count). The molecule has 1 fully saturated rings. The van der Waals surface area contributed by atoms with Gasteiger partial charge in [-0.25, -0.2) is 0 Å². The van der Waals surface area contributed by atoms with Gasteiger partial charge in [-0.15, -0.1) is 0 Å². The summed E-state index contributed by atoms with van der Waals surface area (Å²) in [7, 11) is 0. The Morgan fingerprint density at radius 1 is 1.10 bits per heavy atom. The quantitative estimate of drug-likeness (QED) is 0.685. The summed E-state index contributed by atoms with van der Waals surface area (Å²) in [6.45, 7) is 4.67. The highest BCUT2D eigenvalue weighted by Crippen LogP contribution is 2.62. The minimum absolute atomic E-state index is 0.112. The summed E-state index contributed by atoms with van der Waals surface area (Å²) in [4.78, 5) is 11.8. The van der Waals surface area contributed by atoms with Crippen LogP contribution in [0.25, 0.3) is 0 Å². The van der Waals surface area contributed by atoms with Crippen molar-refractivity contribution in [2.75, 3.05) is 0 Å². The van der Waals surface area contributed by atoms with Crippen LogP contribution in [0.4, 0.5) is 0 Å². The number of rotatable bonds is 0. The van der Waals surface area contributed by atoms with E-state index in [1.54, 1.807) is 11.1 Å². The van der Waals surface area contributed by atoms with Gasteiger partial charge in [0.25, 0.3) is 0 Å². The summed E-state index contributed by atoms with van der Waals surface area (Å²) in [6, 6.07) is 0. The highest BCUT2D eigenvalue weighted by Gasteiger charge is 2.53. The van der Waals surface area contributed by atoms with Crippen LogP contribution in [0.2, 0.25) is 0 Å². The van der Waals surface area contributed by atoms with Crippen molar-refractivity contribution >= 4 is 5.78 Å². The Bertz CT molecular complexity index is 570. The molecule has 21 heavy (non-hydrogen) atoms. The zero-order valence-electron chi connectivity index (χ0n) is 13.2. The Labute approximate surface area is 127 Å². The van der Waals surface area contributed by atoms with Crippen LogP contribution in [-0.4, -0.2) is 17.0 Å². The van der Waals surface area contributed by atoms with Crippen molar-refractivity contribution in [3.05, 3.63) is 22.8 Å². The molecule has 0 aromatic carbocycles. The normalized spacial score (nSPS) is 45.9. The first kappa shape index (κ1) is 13.8. The van der Waals surface area contributed by atoms with Gasteiger partial charge in [0.05, 0.1) is 6.10 Å². The minimum Gasteiger partial charge on any atom is -0.393 e. The molecule has 0 saturated heterocycles. The van der Waals surface area contributed by atoms with Crippen LogP contribution in [0.15, 0.2) is 22.8 Å². The molecule has 0 heterocycles. The van der Waals surface area contributed by atoms with Crippen molar-refractivity contribution in [3.63, 3.8) is 0 Å². The third-order valence-electron chi connectivity index (χ3n) is 7.25. The molecular weight excluding hydrogens is 260 g/mol. The predicted octanol–water partition coefficient (Wildman–Crippen LogP) is 3.94. The fourth-order valence-corrected chi connectivity index (χ4v) is 5.77. The number of carbonyl (C=O) groups excluding carboxylic acids is 1. The fraction of sp³-hybridized carbons (Fsp3) is 0.737. The molecule has 0 aromatic heterocycles. The van der Waals surface area contributed by atoms with Crippen molar-refractivity contribution < 1.29 is 9.90 Å². The van der Waals surface area contributed by atoms with Gasteiger partial charge in [-0.2, -0.15) is 0 Å². The molecule has 114 valence electrons. The Balaban J connectivity index is 1.80. The van der Waals surface area contributed by atoms with E-state index in [9.17, 15) is 9.90 Å². The first-order chi connectivity index (χ1) is 9.95. The number of aliphatic hydroxyl groups excluding tert-OH is 1. The van der Waals surface area contributed by atoms with Crippen LogP contribution in [0.5, 0.6) is 0 Å². The molecule has 0 aromatic rings. The van der Waals surface area contributed by atoms with E-state index >= 15 is 0 Å². The largest absolute Gasteiger partial charge is 0.393 e. The maximum absolute atomic E-state index is 11.8. The van der Waals surface area contributed by atoms with Crippen LogP contribution in [-0.2, 0) is 4.79 Å². The predicted molar refractivity (Wildman–Crippen MR) is 82.8 cm³/mol. The van der Waals surface area contributed by atoms with Gasteiger partial charge in [-0.3, -0.25) is 4.79 Å². The second kappa shape index (κ2) is 4.32. The number of hydrogen-bond donors (Lipinski definition) is 1. The first-order valence-corrected chi connectivity index (χ1v) is 8.59. The van der Waals surface area contributed by atoms with Gasteiger partial charge in [-0.05, 0) is 56.9 Å². The standard InChI is InChI=1S/C19H26O2/c1-18-9-7-13(20)11-12(18)3-4-14-15-5-6-17(21)19(15,2)10-8-16(14)18/h11,15,17,21H,3-10H2,1-2H3/t15-,17+,18-,19-/m0/s1. The Kier molecular flexibility index (Phi) is 2.83. The van der Waals surface area contributed by atoms with Gasteiger partial charge in [0.15, 0.2) is 5.78 Å². The number of carbonyl (C=O) groups is 1. The molecule has 0 amide bonds. The molecule has 0 spiro atoms.